The van der Waals surface area contributed by atoms with Gasteiger partial charge in [-0.05, 0) is 42.8 Å². The summed E-state index contributed by atoms with van der Waals surface area (Å²) in [4.78, 5) is 4.35. The van der Waals surface area contributed by atoms with E-state index in [2.05, 4.69) is 4.90 Å². The van der Waals surface area contributed by atoms with Crippen LogP contribution in [0.4, 0.5) is 5.69 Å². The lowest BCUT2D eigenvalue weighted by atomic mass is 10.1. The van der Waals surface area contributed by atoms with Gasteiger partial charge in [0.2, 0.25) is 0 Å². The third kappa shape index (κ3) is 4.69. The summed E-state index contributed by atoms with van der Waals surface area (Å²) in [6, 6.07) is 11.9. The molecule has 0 saturated carbocycles. The summed E-state index contributed by atoms with van der Waals surface area (Å²) in [6.45, 7) is 4.24. The minimum atomic E-state index is -3.84. The molecule has 2 heterocycles. The van der Waals surface area contributed by atoms with Gasteiger partial charge >= 0.3 is 0 Å². The van der Waals surface area contributed by atoms with Gasteiger partial charge in [0.1, 0.15) is 11.5 Å². The topological polar surface area (TPSA) is 93.2 Å². The average molecular weight is 495 g/mol. The first kappa shape index (κ1) is 23.8. The summed E-state index contributed by atoms with van der Waals surface area (Å²) in [5, 5.41) is -0.992. The van der Waals surface area contributed by atoms with E-state index in [1.54, 1.807) is 26.2 Å². The molecular weight excluding hydrogens is 464 g/mol. The summed E-state index contributed by atoms with van der Waals surface area (Å²) in [5.41, 5.74) is 1.68. The zero-order chi connectivity index (χ0) is 23.8. The Hall–Kier alpha value is -2.30. The van der Waals surface area contributed by atoms with Crippen LogP contribution in [-0.4, -0.2) is 84.9 Å². The van der Waals surface area contributed by atoms with E-state index in [4.69, 9.17) is 9.47 Å². The first-order valence-electron chi connectivity index (χ1n) is 10.9. The number of benzene rings is 2. The molecule has 0 radical (unpaired) electrons. The number of methoxy groups -OCH3 is 2. The van der Waals surface area contributed by atoms with Crippen molar-refractivity contribution in [3.05, 3.63) is 48.0 Å². The van der Waals surface area contributed by atoms with Gasteiger partial charge in [-0.25, -0.2) is 16.8 Å². The van der Waals surface area contributed by atoms with Crippen LogP contribution < -0.4 is 14.4 Å². The molecule has 2 fully saturated rings. The van der Waals surface area contributed by atoms with Gasteiger partial charge in [-0.2, -0.15) is 0 Å². The second kappa shape index (κ2) is 9.15. The molecule has 10 heteroatoms. The van der Waals surface area contributed by atoms with E-state index >= 15 is 0 Å². The van der Waals surface area contributed by atoms with Crippen molar-refractivity contribution < 1.29 is 26.3 Å². The second-order valence-electron chi connectivity index (χ2n) is 8.55. The number of aryl methyl sites for hydroxylation is 1. The molecule has 2 saturated heterocycles. The lowest BCUT2D eigenvalue weighted by molar-refractivity contribution is 0.201. The van der Waals surface area contributed by atoms with Gasteiger partial charge in [0.25, 0.3) is 0 Å². The van der Waals surface area contributed by atoms with Crippen molar-refractivity contribution in [2.75, 3.05) is 56.8 Å². The SMILES string of the molecule is COc1ccc(S(=O)(=O)[C@H]2CS(=O)(=O)C[C@@H]2N2CCN(c3ccccc3OC)CC2)cc1C. The van der Waals surface area contributed by atoms with Crippen LogP contribution in [0.1, 0.15) is 5.56 Å². The summed E-state index contributed by atoms with van der Waals surface area (Å²) < 4.78 is 62.9. The van der Waals surface area contributed by atoms with Gasteiger partial charge in [-0.3, -0.25) is 4.90 Å². The quantitative estimate of drug-likeness (QED) is 0.600. The predicted octanol–water partition coefficient (Wildman–Crippen LogP) is 1.77. The maximum absolute atomic E-state index is 13.5. The number of hydrogen-bond acceptors (Lipinski definition) is 8. The molecule has 0 amide bonds. The van der Waals surface area contributed by atoms with Crippen molar-refractivity contribution in [3.8, 4) is 11.5 Å². The highest BCUT2D eigenvalue weighted by Gasteiger charge is 2.48. The molecule has 0 aromatic heterocycles. The van der Waals surface area contributed by atoms with Crippen LogP contribution in [-0.2, 0) is 19.7 Å². The van der Waals surface area contributed by atoms with Crippen LogP contribution in [0.25, 0.3) is 0 Å². The minimum absolute atomic E-state index is 0.138. The molecule has 0 spiro atoms. The molecule has 8 nitrogen and oxygen atoms in total. The molecule has 0 aliphatic carbocycles. The number of anilines is 1. The monoisotopic (exact) mass is 494 g/mol. The van der Waals surface area contributed by atoms with Gasteiger partial charge < -0.3 is 14.4 Å². The molecule has 2 atom stereocenters. The normalized spacial score (nSPS) is 23.4. The van der Waals surface area contributed by atoms with E-state index in [1.165, 1.54) is 13.2 Å². The van der Waals surface area contributed by atoms with Crippen molar-refractivity contribution in [1.29, 1.82) is 0 Å². The molecule has 4 rings (SSSR count). The van der Waals surface area contributed by atoms with Crippen molar-refractivity contribution in [3.63, 3.8) is 0 Å². The van der Waals surface area contributed by atoms with Crippen molar-refractivity contribution in [2.24, 2.45) is 0 Å². The van der Waals surface area contributed by atoms with E-state index in [0.29, 0.717) is 37.5 Å². The van der Waals surface area contributed by atoms with Crippen LogP contribution in [0, 0.1) is 6.92 Å². The first-order valence-corrected chi connectivity index (χ1v) is 14.2. The van der Waals surface area contributed by atoms with Gasteiger partial charge in [0.15, 0.2) is 19.7 Å². The van der Waals surface area contributed by atoms with Crippen molar-refractivity contribution in [1.82, 2.24) is 4.90 Å². The minimum Gasteiger partial charge on any atom is -0.496 e. The third-order valence-corrected chi connectivity index (χ3v) is 10.7. The summed E-state index contributed by atoms with van der Waals surface area (Å²) >= 11 is 0. The maximum Gasteiger partial charge on any atom is 0.183 e. The molecule has 2 aliphatic rings. The Kier molecular flexibility index (Phi) is 6.61. The number of nitrogens with zero attached hydrogens (tertiary/aromatic N) is 2. The van der Waals surface area contributed by atoms with Crippen LogP contribution in [0.3, 0.4) is 0 Å². The smallest absolute Gasteiger partial charge is 0.183 e. The van der Waals surface area contributed by atoms with Gasteiger partial charge in [0, 0.05) is 32.2 Å². The summed E-state index contributed by atoms with van der Waals surface area (Å²) in [6.07, 6.45) is 0. The largest absolute Gasteiger partial charge is 0.496 e. The van der Waals surface area contributed by atoms with Crippen molar-refractivity contribution >= 4 is 25.4 Å². The second-order valence-corrected chi connectivity index (χ2v) is 12.9. The van der Waals surface area contributed by atoms with Crippen LogP contribution in [0.5, 0.6) is 11.5 Å². The zero-order valence-electron chi connectivity index (χ0n) is 19.1. The number of sulfone groups is 2. The average Bonchev–Trinajstić information content (AvgIpc) is 3.15. The fourth-order valence-corrected chi connectivity index (χ4v) is 9.73. The molecule has 180 valence electrons. The van der Waals surface area contributed by atoms with Gasteiger partial charge in [0.05, 0.1) is 41.6 Å². The summed E-state index contributed by atoms with van der Waals surface area (Å²) in [5.74, 6) is 0.889. The Morgan fingerprint density at radius 2 is 1.58 bits per heavy atom. The number of para-hydroxylation sites is 2. The summed E-state index contributed by atoms with van der Waals surface area (Å²) in [7, 11) is -4.14. The number of hydrogen-bond donors (Lipinski definition) is 0. The van der Waals surface area contributed by atoms with Crippen molar-refractivity contribution in [2.45, 2.75) is 23.1 Å². The highest BCUT2D eigenvalue weighted by molar-refractivity contribution is 7.96. The first-order chi connectivity index (χ1) is 15.7. The lowest BCUT2D eigenvalue weighted by Crippen LogP contribution is -2.55. The highest BCUT2D eigenvalue weighted by Crippen LogP contribution is 2.33. The van der Waals surface area contributed by atoms with E-state index < -0.39 is 31.0 Å². The fraction of sp³-hybridized carbons (Fsp3) is 0.478. The van der Waals surface area contributed by atoms with Gasteiger partial charge in [-0.1, -0.05) is 12.1 Å². The van der Waals surface area contributed by atoms with Crippen LogP contribution in [0.2, 0.25) is 0 Å². The number of ether oxygens (including phenoxy) is 2. The van der Waals surface area contributed by atoms with E-state index in [-0.39, 0.29) is 16.4 Å². The zero-order valence-corrected chi connectivity index (χ0v) is 20.7. The van der Waals surface area contributed by atoms with Crippen LogP contribution >= 0.6 is 0 Å². The molecule has 0 unspecified atom stereocenters. The standard InChI is InChI=1S/C23H30N2O6S2/c1-17-14-18(8-9-21(17)30-2)33(28,29)23-16-32(26,27)15-20(23)25-12-10-24(11-13-25)19-6-4-5-7-22(19)31-3/h4-9,14,20,23H,10-13,15-16H2,1-3H3/t20-,23-/m0/s1. The van der Waals surface area contributed by atoms with E-state index in [1.807, 2.05) is 29.2 Å². The lowest BCUT2D eigenvalue weighted by Gasteiger charge is -2.40. The molecule has 2 aromatic rings. The third-order valence-electron chi connectivity index (χ3n) is 6.57. The highest BCUT2D eigenvalue weighted by atomic mass is 32.2. The Morgan fingerprint density at radius 1 is 0.909 bits per heavy atom. The molecule has 2 aliphatic heterocycles. The molecule has 33 heavy (non-hydrogen) atoms. The Balaban J connectivity index is 1.56. The predicted molar refractivity (Wildman–Crippen MR) is 128 cm³/mol. The van der Waals surface area contributed by atoms with E-state index in [9.17, 15) is 16.8 Å². The van der Waals surface area contributed by atoms with Gasteiger partial charge in [-0.15, -0.1) is 0 Å². The molecule has 2 aromatic carbocycles. The Bertz CT molecular complexity index is 1220. The Morgan fingerprint density at radius 3 is 2.21 bits per heavy atom. The van der Waals surface area contributed by atoms with E-state index in [0.717, 1.165) is 11.4 Å². The maximum atomic E-state index is 13.5. The number of piperazine rings is 1. The number of rotatable bonds is 6. The molecule has 0 bridgehead atoms. The fourth-order valence-electron chi connectivity index (χ4n) is 4.82. The Labute approximate surface area is 195 Å². The molecular formula is C23H30N2O6S2. The molecule has 0 N–H and O–H groups in total. The van der Waals surface area contributed by atoms with Crippen LogP contribution in [0.15, 0.2) is 47.4 Å².